The van der Waals surface area contributed by atoms with E-state index in [1.54, 1.807) is 12.1 Å². The standard InChI is InChI=1S/C12H12BrN5O3/c13-5-1-7-8(18-12(21)17-7)2-6(5)16-11(20)9-3-15-10(19)4-14-9/h1-2,9,14H,3-4H2,(H,15,19)(H,16,20)(H2,17,18,21). The normalized spacial score (nSPS) is 18.5. The zero-order valence-corrected chi connectivity index (χ0v) is 12.3. The molecule has 3 rings (SSSR count). The zero-order valence-electron chi connectivity index (χ0n) is 10.7. The van der Waals surface area contributed by atoms with Gasteiger partial charge in [0, 0.05) is 11.0 Å². The SMILES string of the molecule is O=C1CNC(C(=O)Nc2cc3[nH]c(=O)[nH]c3cc2Br)CN1. The third-order valence-corrected chi connectivity index (χ3v) is 3.85. The number of imidazole rings is 1. The summed E-state index contributed by atoms with van der Waals surface area (Å²) >= 11 is 3.35. The molecule has 21 heavy (non-hydrogen) atoms. The molecule has 1 aromatic heterocycles. The molecule has 1 aliphatic heterocycles. The predicted octanol–water partition coefficient (Wildman–Crippen LogP) is -0.355. The summed E-state index contributed by atoms with van der Waals surface area (Å²) in [6, 6.07) is 2.88. The van der Waals surface area contributed by atoms with Gasteiger partial charge < -0.3 is 20.6 Å². The number of fused-ring (bicyclic) bond motifs is 1. The van der Waals surface area contributed by atoms with Crippen LogP contribution >= 0.6 is 15.9 Å². The summed E-state index contributed by atoms with van der Waals surface area (Å²) in [7, 11) is 0. The van der Waals surface area contributed by atoms with Crippen molar-refractivity contribution in [1.82, 2.24) is 20.6 Å². The van der Waals surface area contributed by atoms with Crippen LogP contribution in [0.4, 0.5) is 5.69 Å². The number of hydrogen-bond donors (Lipinski definition) is 5. The Hall–Kier alpha value is -2.13. The minimum absolute atomic E-state index is 0.115. The second-order valence-corrected chi connectivity index (χ2v) is 5.54. The van der Waals surface area contributed by atoms with Crippen molar-refractivity contribution in [3.8, 4) is 0 Å². The summed E-state index contributed by atoms with van der Waals surface area (Å²) in [4.78, 5) is 39.7. The second-order valence-electron chi connectivity index (χ2n) is 4.68. The van der Waals surface area contributed by atoms with E-state index in [1.165, 1.54) is 0 Å². The maximum Gasteiger partial charge on any atom is 0.323 e. The van der Waals surface area contributed by atoms with Gasteiger partial charge in [0.25, 0.3) is 0 Å². The third kappa shape index (κ3) is 2.83. The fourth-order valence-corrected chi connectivity index (χ4v) is 2.57. The molecule has 1 aliphatic rings. The van der Waals surface area contributed by atoms with Crippen molar-refractivity contribution in [3.63, 3.8) is 0 Å². The van der Waals surface area contributed by atoms with Gasteiger partial charge in [-0.2, -0.15) is 0 Å². The minimum atomic E-state index is -0.490. The van der Waals surface area contributed by atoms with Gasteiger partial charge in [0.1, 0.15) is 6.04 Å². The van der Waals surface area contributed by atoms with Crippen LogP contribution in [0.2, 0.25) is 0 Å². The Bertz CT molecular complexity index is 771. The maximum atomic E-state index is 12.1. The first kappa shape index (κ1) is 13.8. The Morgan fingerprint density at radius 2 is 1.95 bits per heavy atom. The molecular formula is C12H12BrN5O3. The van der Waals surface area contributed by atoms with Crippen LogP contribution in [0.5, 0.6) is 0 Å². The van der Waals surface area contributed by atoms with Gasteiger partial charge in [0.15, 0.2) is 0 Å². The van der Waals surface area contributed by atoms with E-state index < -0.39 is 6.04 Å². The summed E-state index contributed by atoms with van der Waals surface area (Å²) in [6.07, 6.45) is 0. The van der Waals surface area contributed by atoms with Gasteiger partial charge in [-0.3, -0.25) is 14.9 Å². The number of benzene rings is 1. The van der Waals surface area contributed by atoms with E-state index in [0.717, 1.165) is 0 Å². The lowest BCUT2D eigenvalue weighted by molar-refractivity contribution is -0.124. The lowest BCUT2D eigenvalue weighted by Crippen LogP contribution is -2.56. The Balaban J connectivity index is 1.80. The van der Waals surface area contributed by atoms with Gasteiger partial charge in [-0.15, -0.1) is 0 Å². The highest BCUT2D eigenvalue weighted by molar-refractivity contribution is 9.10. The topological polar surface area (TPSA) is 119 Å². The van der Waals surface area contributed by atoms with Crippen LogP contribution in [0.3, 0.4) is 0 Å². The zero-order chi connectivity index (χ0) is 15.0. The molecule has 2 amide bonds. The molecular weight excluding hydrogens is 342 g/mol. The van der Waals surface area contributed by atoms with Crippen LogP contribution in [0, 0.1) is 0 Å². The van der Waals surface area contributed by atoms with Crippen molar-refractivity contribution >= 4 is 44.5 Å². The Morgan fingerprint density at radius 1 is 1.24 bits per heavy atom. The van der Waals surface area contributed by atoms with Crippen molar-refractivity contribution in [2.75, 3.05) is 18.4 Å². The predicted molar refractivity (Wildman–Crippen MR) is 80.0 cm³/mol. The fraction of sp³-hybridized carbons (Fsp3) is 0.250. The molecule has 2 heterocycles. The summed E-state index contributed by atoms with van der Waals surface area (Å²) in [6.45, 7) is 0.356. The van der Waals surface area contributed by atoms with Gasteiger partial charge in [-0.25, -0.2) is 4.79 Å². The van der Waals surface area contributed by atoms with Crippen LogP contribution in [0.1, 0.15) is 0 Å². The number of aromatic amines is 2. The highest BCUT2D eigenvalue weighted by Gasteiger charge is 2.24. The second kappa shape index (κ2) is 5.34. The summed E-state index contributed by atoms with van der Waals surface area (Å²) in [5.41, 5.74) is 1.48. The van der Waals surface area contributed by atoms with Crippen LogP contribution in [0.15, 0.2) is 21.4 Å². The fourth-order valence-electron chi connectivity index (χ4n) is 2.12. The van der Waals surface area contributed by atoms with Crippen LogP contribution in [-0.4, -0.2) is 40.9 Å². The van der Waals surface area contributed by atoms with Gasteiger partial charge in [0.05, 0.1) is 23.3 Å². The molecule has 9 heteroatoms. The summed E-state index contributed by atoms with van der Waals surface area (Å²) < 4.78 is 0.651. The molecule has 8 nitrogen and oxygen atoms in total. The molecule has 0 spiro atoms. The molecule has 0 radical (unpaired) electrons. The smallest absolute Gasteiger partial charge is 0.323 e. The monoisotopic (exact) mass is 353 g/mol. The number of H-pyrrole nitrogens is 2. The van der Waals surface area contributed by atoms with Gasteiger partial charge in [-0.05, 0) is 28.1 Å². The third-order valence-electron chi connectivity index (χ3n) is 3.19. The number of aromatic nitrogens is 2. The summed E-state index contributed by atoms with van der Waals surface area (Å²) in [5, 5.41) is 8.23. The molecule has 0 aliphatic carbocycles. The van der Waals surface area contributed by atoms with Crippen molar-refractivity contribution in [2.24, 2.45) is 0 Å². The highest BCUT2D eigenvalue weighted by atomic mass is 79.9. The number of carbonyl (C=O) groups excluding carboxylic acids is 2. The number of amides is 2. The lowest BCUT2D eigenvalue weighted by atomic mass is 10.2. The minimum Gasteiger partial charge on any atom is -0.353 e. The Morgan fingerprint density at radius 3 is 2.62 bits per heavy atom. The Labute approximate surface area is 126 Å². The first-order valence-corrected chi connectivity index (χ1v) is 7.05. The van der Waals surface area contributed by atoms with E-state index in [1.807, 2.05) is 0 Å². The lowest BCUT2D eigenvalue weighted by Gasteiger charge is -2.23. The van der Waals surface area contributed by atoms with Gasteiger partial charge in [-0.1, -0.05) is 0 Å². The van der Waals surface area contributed by atoms with Crippen molar-refractivity contribution < 1.29 is 9.59 Å². The van der Waals surface area contributed by atoms with E-state index in [9.17, 15) is 14.4 Å². The Kier molecular flexibility index (Phi) is 3.52. The quantitative estimate of drug-likeness (QED) is 0.506. The number of rotatable bonds is 2. The van der Waals surface area contributed by atoms with Crippen LogP contribution in [-0.2, 0) is 9.59 Å². The number of anilines is 1. The van der Waals surface area contributed by atoms with Crippen molar-refractivity contribution in [1.29, 1.82) is 0 Å². The van der Waals surface area contributed by atoms with E-state index in [4.69, 9.17) is 0 Å². The average Bonchev–Trinajstić information content (AvgIpc) is 2.79. The van der Waals surface area contributed by atoms with Crippen molar-refractivity contribution in [3.05, 3.63) is 27.1 Å². The number of nitrogens with one attached hydrogen (secondary N) is 5. The van der Waals surface area contributed by atoms with Crippen LogP contribution < -0.4 is 21.6 Å². The molecule has 1 fully saturated rings. The summed E-state index contributed by atoms with van der Waals surface area (Å²) in [5.74, 6) is -0.389. The van der Waals surface area contributed by atoms with Crippen molar-refractivity contribution in [2.45, 2.75) is 6.04 Å². The van der Waals surface area contributed by atoms with Gasteiger partial charge in [0.2, 0.25) is 11.8 Å². The molecule has 2 aromatic rings. The molecule has 1 atom stereocenters. The molecule has 1 saturated heterocycles. The molecule has 0 bridgehead atoms. The maximum absolute atomic E-state index is 12.1. The van der Waals surface area contributed by atoms with Gasteiger partial charge >= 0.3 is 5.69 Å². The molecule has 5 N–H and O–H groups in total. The highest BCUT2D eigenvalue weighted by Crippen LogP contribution is 2.26. The van der Waals surface area contributed by atoms with E-state index in [2.05, 4.69) is 41.8 Å². The first-order valence-electron chi connectivity index (χ1n) is 6.25. The van der Waals surface area contributed by atoms with E-state index >= 15 is 0 Å². The molecule has 0 saturated carbocycles. The van der Waals surface area contributed by atoms with E-state index in [-0.39, 0.29) is 30.6 Å². The average molecular weight is 354 g/mol. The first-order chi connectivity index (χ1) is 10.0. The largest absolute Gasteiger partial charge is 0.353 e. The number of carbonyl (C=O) groups is 2. The number of piperazine rings is 1. The molecule has 1 unspecified atom stereocenters. The number of halogens is 1. The number of hydrogen-bond acceptors (Lipinski definition) is 4. The van der Waals surface area contributed by atoms with E-state index in [0.29, 0.717) is 21.2 Å². The molecule has 1 aromatic carbocycles. The molecule has 110 valence electrons. The van der Waals surface area contributed by atoms with Crippen LogP contribution in [0.25, 0.3) is 11.0 Å².